The van der Waals surface area contributed by atoms with Crippen molar-refractivity contribution >= 4 is 23.2 Å². The van der Waals surface area contributed by atoms with Gasteiger partial charge in [0.25, 0.3) is 5.78 Å². The molecule has 3 aromatic rings. The average Bonchev–Trinajstić information content (AvgIpc) is 3.09. The van der Waals surface area contributed by atoms with E-state index in [0.717, 1.165) is 11.4 Å². The molecule has 0 saturated carbocycles. The number of anilines is 1. The lowest BCUT2D eigenvalue weighted by molar-refractivity contribution is 0.172. The fourth-order valence-corrected chi connectivity index (χ4v) is 3.15. The van der Waals surface area contributed by atoms with E-state index in [9.17, 15) is 0 Å². The Kier molecular flexibility index (Phi) is 4.34. The molecule has 1 atom stereocenters. The summed E-state index contributed by atoms with van der Waals surface area (Å²) in [6.07, 6.45) is 1.47. The predicted octanol–water partition coefficient (Wildman–Crippen LogP) is 4.06. The van der Waals surface area contributed by atoms with Crippen LogP contribution in [-0.4, -0.2) is 38.8 Å². The van der Waals surface area contributed by atoms with Gasteiger partial charge in [-0.15, -0.1) is 0 Å². The number of benzene rings is 1. The Morgan fingerprint density at radius 1 is 1.22 bits per heavy atom. The van der Waals surface area contributed by atoms with Crippen LogP contribution in [0.3, 0.4) is 0 Å². The van der Waals surface area contributed by atoms with E-state index in [-0.39, 0.29) is 11.5 Å². The van der Waals surface area contributed by atoms with E-state index >= 15 is 0 Å². The van der Waals surface area contributed by atoms with Crippen LogP contribution in [0.4, 0.5) is 5.82 Å². The van der Waals surface area contributed by atoms with Crippen molar-refractivity contribution in [3.63, 3.8) is 0 Å². The number of hydrogen-bond donors (Lipinski definition) is 1. The van der Waals surface area contributed by atoms with Gasteiger partial charge in [0.1, 0.15) is 30.5 Å². The Morgan fingerprint density at radius 2 is 2.00 bits per heavy atom. The molecular formula is C19H22ClN5O2. The number of nitrogens with zero attached hydrogens (tertiary/aromatic N) is 4. The standard InChI is InChI=1S/C19H22ClN5O2/c1-11(19(2,3)4)23-17-14(16(20)24-18-21-10-22-25(17)18)12-6-5-7-13-15(12)27-9-8-26-13/h5-7,10-11,23H,8-9H2,1-4H3/t11-/m1/s1. The van der Waals surface area contributed by atoms with Crippen LogP contribution in [-0.2, 0) is 0 Å². The normalized spacial score (nSPS) is 15.0. The summed E-state index contributed by atoms with van der Waals surface area (Å²) in [5.74, 6) is 2.53. The van der Waals surface area contributed by atoms with Gasteiger partial charge in [0.15, 0.2) is 11.5 Å². The van der Waals surface area contributed by atoms with E-state index in [1.807, 2.05) is 18.2 Å². The topological polar surface area (TPSA) is 73.6 Å². The molecule has 0 amide bonds. The second kappa shape index (κ2) is 6.56. The lowest BCUT2D eigenvalue weighted by atomic mass is 9.88. The maximum absolute atomic E-state index is 6.61. The third-order valence-electron chi connectivity index (χ3n) is 4.87. The summed E-state index contributed by atoms with van der Waals surface area (Å²) < 4.78 is 13.3. The molecule has 1 N–H and O–H groups in total. The van der Waals surface area contributed by atoms with E-state index in [2.05, 4.69) is 48.1 Å². The zero-order valence-electron chi connectivity index (χ0n) is 15.8. The number of rotatable bonds is 3. The Labute approximate surface area is 162 Å². The summed E-state index contributed by atoms with van der Waals surface area (Å²) in [5, 5.41) is 8.24. The van der Waals surface area contributed by atoms with E-state index in [4.69, 9.17) is 21.1 Å². The summed E-state index contributed by atoms with van der Waals surface area (Å²) >= 11 is 6.61. The largest absolute Gasteiger partial charge is 0.486 e. The summed E-state index contributed by atoms with van der Waals surface area (Å²) in [5.41, 5.74) is 1.55. The highest BCUT2D eigenvalue weighted by atomic mass is 35.5. The minimum Gasteiger partial charge on any atom is -0.486 e. The molecule has 0 radical (unpaired) electrons. The molecule has 7 nitrogen and oxygen atoms in total. The fourth-order valence-electron chi connectivity index (χ4n) is 2.88. The number of para-hydroxylation sites is 1. The van der Waals surface area contributed by atoms with Crippen LogP contribution in [0, 0.1) is 5.41 Å². The van der Waals surface area contributed by atoms with Crippen LogP contribution in [0.15, 0.2) is 24.5 Å². The first-order valence-electron chi connectivity index (χ1n) is 8.91. The van der Waals surface area contributed by atoms with Crippen LogP contribution in [0.2, 0.25) is 5.15 Å². The molecule has 4 rings (SSSR count). The molecule has 3 heterocycles. The molecule has 1 aromatic carbocycles. The van der Waals surface area contributed by atoms with E-state index in [0.29, 0.717) is 41.2 Å². The van der Waals surface area contributed by atoms with Gasteiger partial charge in [0, 0.05) is 11.6 Å². The molecule has 0 unspecified atom stereocenters. The second-order valence-corrected chi connectivity index (χ2v) is 8.02. The molecule has 142 valence electrons. The number of ether oxygens (including phenoxy) is 2. The monoisotopic (exact) mass is 387 g/mol. The molecule has 1 aliphatic heterocycles. The average molecular weight is 388 g/mol. The van der Waals surface area contributed by atoms with Crippen molar-refractivity contribution in [2.45, 2.75) is 33.7 Å². The van der Waals surface area contributed by atoms with Gasteiger partial charge in [0.05, 0.1) is 5.56 Å². The van der Waals surface area contributed by atoms with Crippen LogP contribution in [0.1, 0.15) is 27.7 Å². The van der Waals surface area contributed by atoms with Gasteiger partial charge in [0.2, 0.25) is 0 Å². The van der Waals surface area contributed by atoms with E-state index < -0.39 is 0 Å². The highest BCUT2D eigenvalue weighted by molar-refractivity contribution is 6.33. The predicted molar refractivity (Wildman–Crippen MR) is 105 cm³/mol. The van der Waals surface area contributed by atoms with Crippen LogP contribution in [0.5, 0.6) is 11.5 Å². The van der Waals surface area contributed by atoms with Crippen molar-refractivity contribution in [1.82, 2.24) is 19.6 Å². The highest BCUT2D eigenvalue weighted by Crippen LogP contribution is 2.45. The molecule has 2 aromatic heterocycles. The maximum atomic E-state index is 6.61. The van der Waals surface area contributed by atoms with Gasteiger partial charge in [-0.3, -0.25) is 0 Å². The minimum absolute atomic E-state index is 0.0235. The highest BCUT2D eigenvalue weighted by Gasteiger charge is 2.27. The van der Waals surface area contributed by atoms with Gasteiger partial charge < -0.3 is 14.8 Å². The van der Waals surface area contributed by atoms with E-state index in [1.165, 1.54) is 6.33 Å². The number of hydrogen-bond acceptors (Lipinski definition) is 6. The van der Waals surface area contributed by atoms with Crippen molar-refractivity contribution in [1.29, 1.82) is 0 Å². The van der Waals surface area contributed by atoms with Crippen molar-refractivity contribution in [2.24, 2.45) is 5.41 Å². The minimum atomic E-state index is 0.0235. The SMILES string of the molecule is C[C@@H](Nc1c(-c2cccc3c2OCCO3)c(Cl)nc2ncnn12)C(C)(C)C. The van der Waals surface area contributed by atoms with Gasteiger partial charge in [-0.25, -0.2) is 0 Å². The molecule has 0 bridgehead atoms. The molecule has 27 heavy (non-hydrogen) atoms. The van der Waals surface area contributed by atoms with Crippen LogP contribution >= 0.6 is 11.6 Å². The zero-order chi connectivity index (χ0) is 19.2. The molecule has 0 saturated heterocycles. The summed E-state index contributed by atoms with van der Waals surface area (Å²) in [6.45, 7) is 9.66. The summed E-state index contributed by atoms with van der Waals surface area (Å²) in [7, 11) is 0. The lowest BCUT2D eigenvalue weighted by Crippen LogP contribution is -2.32. The smallest absolute Gasteiger partial charge is 0.255 e. The first kappa shape index (κ1) is 17.9. The molecular weight excluding hydrogens is 366 g/mol. The third kappa shape index (κ3) is 3.16. The first-order valence-corrected chi connectivity index (χ1v) is 9.29. The van der Waals surface area contributed by atoms with Crippen molar-refractivity contribution in [3.8, 4) is 22.6 Å². The zero-order valence-corrected chi connectivity index (χ0v) is 16.5. The van der Waals surface area contributed by atoms with Gasteiger partial charge in [-0.1, -0.05) is 44.5 Å². The van der Waals surface area contributed by atoms with Crippen molar-refractivity contribution < 1.29 is 9.47 Å². The van der Waals surface area contributed by atoms with Crippen molar-refractivity contribution in [3.05, 3.63) is 29.7 Å². The second-order valence-electron chi connectivity index (χ2n) is 7.66. The number of fused-ring (bicyclic) bond motifs is 2. The summed E-state index contributed by atoms with van der Waals surface area (Å²) in [4.78, 5) is 8.60. The Hall–Kier alpha value is -2.54. The third-order valence-corrected chi connectivity index (χ3v) is 5.14. The van der Waals surface area contributed by atoms with Crippen molar-refractivity contribution in [2.75, 3.05) is 18.5 Å². The lowest BCUT2D eigenvalue weighted by Gasteiger charge is -2.30. The van der Waals surface area contributed by atoms with Gasteiger partial charge in [-0.05, 0) is 18.4 Å². The van der Waals surface area contributed by atoms with Gasteiger partial charge >= 0.3 is 0 Å². The summed E-state index contributed by atoms with van der Waals surface area (Å²) in [6, 6.07) is 5.89. The molecule has 1 aliphatic rings. The Bertz CT molecular complexity index is 996. The quantitative estimate of drug-likeness (QED) is 0.683. The first-order chi connectivity index (χ1) is 12.9. The molecule has 0 spiro atoms. The number of halogens is 1. The molecule has 0 fully saturated rings. The molecule has 8 heteroatoms. The van der Waals surface area contributed by atoms with E-state index in [1.54, 1.807) is 4.52 Å². The Balaban J connectivity index is 1.95. The number of nitrogens with one attached hydrogen (secondary N) is 1. The number of aromatic nitrogens is 4. The van der Waals surface area contributed by atoms with Gasteiger partial charge in [-0.2, -0.15) is 19.6 Å². The molecule has 0 aliphatic carbocycles. The Morgan fingerprint density at radius 3 is 2.78 bits per heavy atom. The van der Waals surface area contributed by atoms with Crippen LogP contribution in [0.25, 0.3) is 16.9 Å². The fraction of sp³-hybridized carbons (Fsp3) is 0.421. The van der Waals surface area contributed by atoms with Crippen LogP contribution < -0.4 is 14.8 Å². The maximum Gasteiger partial charge on any atom is 0.255 e.